The molecule has 2 N–H and O–H groups in total. The molecule has 2 rings (SSSR count). The zero-order valence-corrected chi connectivity index (χ0v) is 14.7. The summed E-state index contributed by atoms with van der Waals surface area (Å²) >= 11 is 0. The van der Waals surface area contributed by atoms with Crippen LogP contribution < -0.4 is 10.6 Å². The van der Waals surface area contributed by atoms with E-state index in [1.54, 1.807) is 7.05 Å². The van der Waals surface area contributed by atoms with Gasteiger partial charge in [0.05, 0.1) is 12.7 Å². The molecule has 0 spiro atoms. The van der Waals surface area contributed by atoms with Crippen LogP contribution in [0.4, 0.5) is 8.78 Å². The Morgan fingerprint density at radius 2 is 2.00 bits per heavy atom. The first kappa shape index (κ1) is 19.6. The fourth-order valence-corrected chi connectivity index (χ4v) is 2.67. The van der Waals surface area contributed by atoms with Crippen molar-refractivity contribution >= 4 is 5.96 Å². The average Bonchev–Trinajstić information content (AvgIpc) is 3.08. The van der Waals surface area contributed by atoms with E-state index in [2.05, 4.69) is 15.6 Å². The van der Waals surface area contributed by atoms with Gasteiger partial charge in [0.25, 0.3) is 0 Å². The summed E-state index contributed by atoms with van der Waals surface area (Å²) in [5, 5.41) is 6.31. The van der Waals surface area contributed by atoms with Gasteiger partial charge in [-0.05, 0) is 43.4 Å². The van der Waals surface area contributed by atoms with Gasteiger partial charge in [0, 0.05) is 39.4 Å². The predicted octanol–water partition coefficient (Wildman–Crippen LogP) is 2.26. The zero-order valence-electron chi connectivity index (χ0n) is 14.7. The monoisotopic (exact) mass is 355 g/mol. The molecular weight excluding hydrogens is 328 g/mol. The lowest BCUT2D eigenvalue weighted by atomic mass is 10.1. The maximum atomic E-state index is 13.1. The van der Waals surface area contributed by atoms with E-state index in [0.29, 0.717) is 37.7 Å². The Balaban J connectivity index is 1.54. The fourth-order valence-electron chi connectivity index (χ4n) is 2.67. The second kappa shape index (κ2) is 11.0. The minimum Gasteiger partial charge on any atom is -0.379 e. The van der Waals surface area contributed by atoms with Gasteiger partial charge < -0.3 is 20.1 Å². The first-order chi connectivity index (χ1) is 12.2. The summed E-state index contributed by atoms with van der Waals surface area (Å²) in [6.07, 6.45) is 3.85. The molecule has 0 amide bonds. The Morgan fingerprint density at radius 3 is 2.68 bits per heavy atom. The van der Waals surface area contributed by atoms with Gasteiger partial charge in [-0.2, -0.15) is 0 Å². The number of ether oxygens (including phenoxy) is 2. The van der Waals surface area contributed by atoms with E-state index in [-0.39, 0.29) is 6.10 Å². The van der Waals surface area contributed by atoms with Crippen LogP contribution >= 0.6 is 0 Å². The summed E-state index contributed by atoms with van der Waals surface area (Å²) in [6.45, 7) is 3.46. The number of rotatable bonds is 9. The quantitative estimate of drug-likeness (QED) is 0.405. The zero-order chi connectivity index (χ0) is 17.9. The normalized spacial score (nSPS) is 17.7. The molecule has 1 fully saturated rings. The van der Waals surface area contributed by atoms with Crippen molar-refractivity contribution in [2.75, 3.05) is 40.0 Å². The molecule has 0 aromatic heterocycles. The van der Waals surface area contributed by atoms with Crippen molar-refractivity contribution in [2.24, 2.45) is 4.99 Å². The van der Waals surface area contributed by atoms with Gasteiger partial charge in [-0.15, -0.1) is 0 Å². The highest BCUT2D eigenvalue weighted by Crippen LogP contribution is 2.11. The van der Waals surface area contributed by atoms with Crippen LogP contribution in [0.3, 0.4) is 0 Å². The molecule has 1 atom stereocenters. The molecule has 7 heteroatoms. The molecule has 0 radical (unpaired) electrons. The Hall–Kier alpha value is -1.73. The highest BCUT2D eigenvalue weighted by atomic mass is 19.1. The van der Waals surface area contributed by atoms with Crippen LogP contribution in [-0.2, 0) is 15.9 Å². The molecule has 1 unspecified atom stereocenters. The molecule has 1 aliphatic heterocycles. The molecule has 0 bridgehead atoms. The maximum absolute atomic E-state index is 13.1. The Labute approximate surface area is 147 Å². The van der Waals surface area contributed by atoms with Crippen molar-refractivity contribution in [2.45, 2.75) is 31.8 Å². The molecule has 1 aliphatic rings. The lowest BCUT2D eigenvalue weighted by molar-refractivity contribution is 0.0168. The lowest BCUT2D eigenvalue weighted by Gasteiger charge is -2.13. The van der Waals surface area contributed by atoms with Gasteiger partial charge in [-0.25, -0.2) is 8.78 Å². The third kappa shape index (κ3) is 7.79. The Bertz CT molecular complexity index is 529. The number of benzene rings is 1. The summed E-state index contributed by atoms with van der Waals surface area (Å²) in [6, 6.07) is 3.55. The van der Waals surface area contributed by atoms with Gasteiger partial charge in [0.2, 0.25) is 0 Å². The lowest BCUT2D eigenvalue weighted by Crippen LogP contribution is -2.39. The maximum Gasteiger partial charge on any atom is 0.190 e. The molecule has 25 heavy (non-hydrogen) atoms. The minimum atomic E-state index is -0.555. The van der Waals surface area contributed by atoms with Crippen molar-refractivity contribution < 1.29 is 18.3 Å². The van der Waals surface area contributed by atoms with Crippen LogP contribution in [0, 0.1) is 11.6 Å². The van der Waals surface area contributed by atoms with Gasteiger partial charge in [0.1, 0.15) is 11.6 Å². The summed E-state index contributed by atoms with van der Waals surface area (Å²) < 4.78 is 37.4. The second-order valence-electron chi connectivity index (χ2n) is 6.02. The van der Waals surface area contributed by atoms with Crippen LogP contribution in [-0.4, -0.2) is 52.0 Å². The standard InChI is InChI=1S/C18H27F2N3O2/c1-21-18(22-6-3-8-24-13-17-4-2-9-25-17)23-7-5-14-10-15(19)12-16(20)11-14/h10-12,17H,2-9,13H2,1H3,(H2,21,22,23). The Morgan fingerprint density at radius 1 is 1.24 bits per heavy atom. The largest absolute Gasteiger partial charge is 0.379 e. The van der Waals surface area contributed by atoms with E-state index >= 15 is 0 Å². The topological polar surface area (TPSA) is 54.9 Å². The number of nitrogens with one attached hydrogen (secondary N) is 2. The van der Waals surface area contributed by atoms with Crippen molar-refractivity contribution in [1.82, 2.24) is 10.6 Å². The van der Waals surface area contributed by atoms with Gasteiger partial charge >= 0.3 is 0 Å². The summed E-state index contributed by atoms with van der Waals surface area (Å²) in [5.74, 6) is -0.447. The molecule has 1 aromatic carbocycles. The van der Waals surface area contributed by atoms with Gasteiger partial charge in [0.15, 0.2) is 5.96 Å². The highest BCUT2D eigenvalue weighted by Gasteiger charge is 2.14. The number of hydrogen-bond acceptors (Lipinski definition) is 3. The van der Waals surface area contributed by atoms with Crippen molar-refractivity contribution in [3.05, 3.63) is 35.4 Å². The number of nitrogens with zero attached hydrogens (tertiary/aromatic N) is 1. The van der Waals surface area contributed by atoms with Crippen molar-refractivity contribution in [3.8, 4) is 0 Å². The van der Waals surface area contributed by atoms with Gasteiger partial charge in [-0.3, -0.25) is 4.99 Å². The summed E-state index contributed by atoms with van der Waals surface area (Å²) in [4.78, 5) is 4.12. The third-order valence-corrected chi connectivity index (χ3v) is 3.94. The first-order valence-electron chi connectivity index (χ1n) is 8.76. The van der Waals surface area contributed by atoms with Crippen LogP contribution in [0.15, 0.2) is 23.2 Å². The molecule has 1 saturated heterocycles. The smallest absolute Gasteiger partial charge is 0.190 e. The average molecular weight is 355 g/mol. The van der Waals surface area contributed by atoms with E-state index in [1.165, 1.54) is 12.1 Å². The minimum absolute atomic E-state index is 0.259. The van der Waals surface area contributed by atoms with Crippen LogP contribution in [0.2, 0.25) is 0 Å². The Kier molecular flexibility index (Phi) is 8.62. The fraction of sp³-hybridized carbons (Fsp3) is 0.611. The van der Waals surface area contributed by atoms with Crippen LogP contribution in [0.1, 0.15) is 24.8 Å². The predicted molar refractivity (Wildman–Crippen MR) is 93.8 cm³/mol. The second-order valence-corrected chi connectivity index (χ2v) is 6.02. The van der Waals surface area contributed by atoms with Crippen LogP contribution in [0.5, 0.6) is 0 Å². The molecule has 5 nitrogen and oxygen atoms in total. The summed E-state index contributed by atoms with van der Waals surface area (Å²) in [5.41, 5.74) is 0.614. The van der Waals surface area contributed by atoms with E-state index in [4.69, 9.17) is 9.47 Å². The third-order valence-electron chi connectivity index (χ3n) is 3.94. The molecule has 1 heterocycles. The first-order valence-corrected chi connectivity index (χ1v) is 8.76. The van der Waals surface area contributed by atoms with E-state index in [1.807, 2.05) is 0 Å². The SMILES string of the molecule is CN=C(NCCCOCC1CCCO1)NCCc1cc(F)cc(F)c1. The number of guanidine groups is 1. The highest BCUT2D eigenvalue weighted by molar-refractivity contribution is 5.79. The van der Waals surface area contributed by atoms with Crippen LogP contribution in [0.25, 0.3) is 0 Å². The molecule has 1 aromatic rings. The number of aliphatic imine (C=N–C) groups is 1. The molecule has 140 valence electrons. The molecule has 0 aliphatic carbocycles. The van der Waals surface area contributed by atoms with Gasteiger partial charge in [-0.1, -0.05) is 0 Å². The van der Waals surface area contributed by atoms with E-state index in [9.17, 15) is 8.78 Å². The van der Waals surface area contributed by atoms with E-state index < -0.39 is 11.6 Å². The van der Waals surface area contributed by atoms with Crippen molar-refractivity contribution in [1.29, 1.82) is 0 Å². The summed E-state index contributed by atoms with van der Waals surface area (Å²) in [7, 11) is 1.69. The number of halogens is 2. The molecule has 0 saturated carbocycles. The van der Waals surface area contributed by atoms with E-state index in [0.717, 1.165) is 38.5 Å². The van der Waals surface area contributed by atoms with Crippen molar-refractivity contribution in [3.63, 3.8) is 0 Å². The number of hydrogen-bond donors (Lipinski definition) is 2. The molecular formula is C18H27F2N3O2.